The van der Waals surface area contributed by atoms with Gasteiger partial charge >= 0.3 is 5.97 Å². The van der Waals surface area contributed by atoms with Crippen LogP contribution in [-0.4, -0.2) is 51.8 Å². The highest BCUT2D eigenvalue weighted by molar-refractivity contribution is 6.33. The summed E-state index contributed by atoms with van der Waals surface area (Å²) in [6.45, 7) is 0.777. The minimum atomic E-state index is -1.54. The van der Waals surface area contributed by atoms with E-state index in [0.717, 1.165) is 18.2 Å². The number of hydrogen-bond acceptors (Lipinski definition) is 6. The third kappa shape index (κ3) is 4.63. The Bertz CT molecular complexity index is 1490. The fourth-order valence-corrected chi connectivity index (χ4v) is 5.28. The highest BCUT2D eigenvalue weighted by atomic mass is 35.5. The molecular formula is C27H25ClF2N4O4. The number of halogens is 3. The van der Waals surface area contributed by atoms with Gasteiger partial charge < -0.3 is 19.3 Å². The van der Waals surface area contributed by atoms with Gasteiger partial charge in [0.2, 0.25) is 0 Å². The zero-order valence-corrected chi connectivity index (χ0v) is 21.1. The smallest absolute Gasteiger partial charge is 0.335 e. The number of benzene rings is 2. The highest BCUT2D eigenvalue weighted by Gasteiger charge is 2.37. The summed E-state index contributed by atoms with van der Waals surface area (Å²) in [5.41, 5.74) is 0.327. The van der Waals surface area contributed by atoms with Gasteiger partial charge in [0.15, 0.2) is 5.82 Å². The lowest BCUT2D eigenvalue weighted by atomic mass is 9.94. The van der Waals surface area contributed by atoms with E-state index in [1.807, 2.05) is 4.90 Å². The van der Waals surface area contributed by atoms with Crippen LogP contribution in [-0.2, 0) is 11.3 Å². The van der Waals surface area contributed by atoms with E-state index in [1.165, 1.54) is 24.3 Å². The summed E-state index contributed by atoms with van der Waals surface area (Å²) >= 11 is 6.27. The zero-order valence-electron chi connectivity index (χ0n) is 20.3. The van der Waals surface area contributed by atoms with Crippen LogP contribution in [0, 0.1) is 5.82 Å². The maximum absolute atomic E-state index is 15.7. The van der Waals surface area contributed by atoms with Crippen LogP contribution in [0.2, 0.25) is 5.02 Å². The number of carbonyl (C=O) groups is 1. The number of ether oxygens (including phenoxy) is 1. The lowest BCUT2D eigenvalue weighted by Gasteiger charge is -2.36. The summed E-state index contributed by atoms with van der Waals surface area (Å²) in [5.74, 6) is 0.0122. The van der Waals surface area contributed by atoms with Gasteiger partial charge in [-0.1, -0.05) is 22.8 Å². The second-order valence-electron chi connectivity index (χ2n) is 9.99. The van der Waals surface area contributed by atoms with Gasteiger partial charge in [-0.15, -0.1) is 0 Å². The number of aromatic carboxylic acids is 1. The highest BCUT2D eigenvalue weighted by Crippen LogP contribution is 2.45. The number of hydrogen-bond donors (Lipinski definition) is 2. The van der Waals surface area contributed by atoms with Crippen molar-refractivity contribution in [2.24, 2.45) is 0 Å². The number of nitrogens with one attached hydrogen (secondary N) is 1. The summed E-state index contributed by atoms with van der Waals surface area (Å²) in [7, 11) is 0. The Morgan fingerprint density at radius 2 is 2.05 bits per heavy atom. The van der Waals surface area contributed by atoms with Crippen molar-refractivity contribution >= 4 is 34.3 Å². The molecule has 0 amide bonds. The Morgan fingerprint density at radius 1 is 1.26 bits per heavy atom. The third-order valence-corrected chi connectivity index (χ3v) is 7.64. The molecule has 3 heterocycles. The number of aromatic nitrogens is 3. The molecule has 4 aromatic rings. The van der Waals surface area contributed by atoms with E-state index in [2.05, 4.69) is 15.4 Å². The van der Waals surface area contributed by atoms with E-state index in [4.69, 9.17) is 20.9 Å². The van der Waals surface area contributed by atoms with Crippen LogP contribution < -0.4 is 4.90 Å². The fourth-order valence-electron chi connectivity index (χ4n) is 5.03. The molecule has 6 rings (SSSR count). The van der Waals surface area contributed by atoms with E-state index in [0.29, 0.717) is 41.4 Å². The largest absolute Gasteiger partial charge is 0.478 e. The van der Waals surface area contributed by atoms with Gasteiger partial charge in [0, 0.05) is 42.8 Å². The quantitative estimate of drug-likeness (QED) is 0.277. The molecule has 0 radical (unpaired) electrons. The number of piperidine rings is 1. The molecule has 2 aromatic carbocycles. The molecule has 2 N–H and O–H groups in total. The normalized spacial score (nSPS) is 17.3. The summed E-state index contributed by atoms with van der Waals surface area (Å²) in [5, 5.41) is 21.5. The molecule has 1 aliphatic heterocycles. The van der Waals surface area contributed by atoms with Crippen molar-refractivity contribution in [3.05, 3.63) is 64.1 Å². The van der Waals surface area contributed by atoms with Gasteiger partial charge in [-0.2, -0.15) is 5.10 Å². The van der Waals surface area contributed by atoms with Crippen LogP contribution in [0.15, 0.2) is 40.9 Å². The summed E-state index contributed by atoms with van der Waals surface area (Å²) in [6, 6.07) is 9.22. The predicted octanol–water partition coefficient (Wildman–Crippen LogP) is 6.11. The minimum Gasteiger partial charge on any atom is -0.478 e. The molecule has 198 valence electrons. The fraction of sp³-hybridized carbons (Fsp3) is 0.370. The second kappa shape index (κ2) is 9.67. The summed E-state index contributed by atoms with van der Waals surface area (Å²) in [6.07, 6.45) is 2.38. The molecule has 1 aliphatic carbocycles. The molecule has 0 atom stereocenters. The first-order valence-corrected chi connectivity index (χ1v) is 12.9. The van der Waals surface area contributed by atoms with Crippen LogP contribution in [0.1, 0.15) is 53.3 Å². The number of aromatic amines is 1. The zero-order chi connectivity index (χ0) is 26.4. The van der Waals surface area contributed by atoms with Crippen molar-refractivity contribution in [3.63, 3.8) is 0 Å². The molecule has 38 heavy (non-hydrogen) atoms. The van der Waals surface area contributed by atoms with Crippen molar-refractivity contribution < 1.29 is 27.9 Å². The predicted molar refractivity (Wildman–Crippen MR) is 137 cm³/mol. The first-order valence-electron chi connectivity index (χ1n) is 12.5. The number of carboxylic acids is 1. The lowest BCUT2D eigenvalue weighted by Crippen LogP contribution is -2.44. The van der Waals surface area contributed by atoms with Gasteiger partial charge in [-0.25, -0.2) is 13.6 Å². The number of rotatable bonds is 8. The first kappa shape index (κ1) is 24.8. The molecule has 2 aromatic heterocycles. The van der Waals surface area contributed by atoms with Crippen LogP contribution in [0.3, 0.4) is 0 Å². The van der Waals surface area contributed by atoms with Crippen LogP contribution in [0.25, 0.3) is 22.2 Å². The van der Waals surface area contributed by atoms with E-state index < -0.39 is 17.5 Å². The first-order chi connectivity index (χ1) is 18.3. The molecular weight excluding hydrogens is 518 g/mol. The molecule has 0 spiro atoms. The molecule has 2 fully saturated rings. The van der Waals surface area contributed by atoms with Gasteiger partial charge in [-0.3, -0.25) is 5.10 Å². The van der Waals surface area contributed by atoms with Crippen molar-refractivity contribution in [2.45, 2.75) is 43.9 Å². The average molecular weight is 543 g/mol. The summed E-state index contributed by atoms with van der Waals surface area (Å²) in [4.78, 5) is 13.2. The molecule has 0 unspecified atom stereocenters. The number of carboxylic acid groups (broad SMARTS) is 1. The lowest BCUT2D eigenvalue weighted by molar-refractivity contribution is -0.00762. The van der Waals surface area contributed by atoms with Crippen molar-refractivity contribution in [2.75, 3.05) is 24.6 Å². The third-order valence-electron chi connectivity index (χ3n) is 7.32. The Balaban J connectivity index is 1.13. The average Bonchev–Trinajstić information content (AvgIpc) is 3.53. The second-order valence-corrected chi connectivity index (χ2v) is 10.4. The van der Waals surface area contributed by atoms with Gasteiger partial charge in [-0.05, 0) is 43.2 Å². The van der Waals surface area contributed by atoms with Crippen LogP contribution in [0.5, 0.6) is 0 Å². The Morgan fingerprint density at radius 3 is 2.76 bits per heavy atom. The monoisotopic (exact) mass is 542 g/mol. The number of anilines is 1. The van der Waals surface area contributed by atoms with E-state index in [-0.39, 0.29) is 48.1 Å². The summed E-state index contributed by atoms with van der Waals surface area (Å²) < 4.78 is 41.8. The number of fused-ring (bicyclic) bond motifs is 1. The molecule has 11 heteroatoms. The molecule has 1 saturated carbocycles. The standard InChI is InChI=1S/C27H25ClF2N4O4/c28-19-2-1-3-20(29)22(19)23-18(24(38-33-23)15-4-5-15)13-37-14-27(30)8-10-34(11-9-27)25-17-7-6-16(26(35)36)12-21(17)31-32-25/h1-3,6-7,12,15H,4-5,8-11,13-14H2,(H,31,32)(H,35,36). The minimum absolute atomic E-state index is 0.0423. The number of H-pyrrole nitrogens is 1. The van der Waals surface area contributed by atoms with Crippen LogP contribution in [0.4, 0.5) is 14.6 Å². The molecule has 2 aliphatic rings. The van der Waals surface area contributed by atoms with Gasteiger partial charge in [0.25, 0.3) is 0 Å². The Labute approximate surface area is 221 Å². The van der Waals surface area contributed by atoms with Crippen molar-refractivity contribution in [1.82, 2.24) is 15.4 Å². The van der Waals surface area contributed by atoms with Gasteiger partial charge in [0.05, 0.1) is 34.9 Å². The van der Waals surface area contributed by atoms with E-state index in [1.54, 1.807) is 12.1 Å². The number of alkyl halides is 1. The SMILES string of the molecule is O=C(O)c1ccc2c(N3CCC(F)(COCc4c(-c5c(F)cccc5Cl)noc4C4CC4)CC3)n[nH]c2c1. The van der Waals surface area contributed by atoms with E-state index >= 15 is 4.39 Å². The topological polar surface area (TPSA) is 104 Å². The Hall–Kier alpha value is -3.50. The van der Waals surface area contributed by atoms with Crippen LogP contribution >= 0.6 is 11.6 Å². The maximum Gasteiger partial charge on any atom is 0.335 e. The Kier molecular flexibility index (Phi) is 6.31. The maximum atomic E-state index is 15.7. The molecule has 8 nitrogen and oxygen atoms in total. The van der Waals surface area contributed by atoms with Gasteiger partial charge in [0.1, 0.15) is 22.9 Å². The van der Waals surface area contributed by atoms with Crippen molar-refractivity contribution in [3.8, 4) is 11.3 Å². The number of nitrogens with zero attached hydrogens (tertiary/aromatic N) is 3. The van der Waals surface area contributed by atoms with Crippen molar-refractivity contribution in [1.29, 1.82) is 0 Å². The molecule has 1 saturated heterocycles. The van der Waals surface area contributed by atoms with E-state index in [9.17, 15) is 14.3 Å². The molecule has 0 bridgehead atoms.